The molecule has 3 rings (SSSR count). The van der Waals surface area contributed by atoms with Crippen molar-refractivity contribution in [1.29, 1.82) is 5.26 Å². The van der Waals surface area contributed by atoms with E-state index >= 15 is 0 Å². The number of ether oxygens (including phenoxy) is 1. The average Bonchev–Trinajstić information content (AvgIpc) is 2.85. The Bertz CT molecular complexity index is 818. The number of carbonyl (C=O) groups is 1. The van der Waals surface area contributed by atoms with Crippen molar-refractivity contribution < 1.29 is 9.53 Å². The summed E-state index contributed by atoms with van der Waals surface area (Å²) in [7, 11) is 1.29. The highest BCUT2D eigenvalue weighted by atomic mass is 16.5. The summed E-state index contributed by atoms with van der Waals surface area (Å²) in [5, 5.41) is 10.0. The molecule has 108 valence electrons. The van der Waals surface area contributed by atoms with E-state index in [4.69, 9.17) is 10.5 Å². The van der Waals surface area contributed by atoms with E-state index in [1.807, 2.05) is 54.6 Å². The van der Waals surface area contributed by atoms with E-state index in [0.717, 1.165) is 0 Å². The number of esters is 1. The fraction of sp³-hybridized carbons (Fsp3) is 0.111. The van der Waals surface area contributed by atoms with Crippen LogP contribution in [0.15, 0.2) is 60.2 Å². The van der Waals surface area contributed by atoms with Gasteiger partial charge in [0.25, 0.3) is 0 Å². The molecular formula is C18H14N2O2. The van der Waals surface area contributed by atoms with Crippen molar-refractivity contribution in [3.63, 3.8) is 0 Å². The van der Waals surface area contributed by atoms with Crippen molar-refractivity contribution in [3.8, 4) is 6.07 Å². The van der Waals surface area contributed by atoms with Crippen LogP contribution in [0.3, 0.4) is 0 Å². The minimum absolute atomic E-state index is 0.185. The topological polar surface area (TPSA) is 76.1 Å². The Labute approximate surface area is 128 Å². The summed E-state index contributed by atoms with van der Waals surface area (Å²) >= 11 is 0. The fourth-order valence-corrected chi connectivity index (χ4v) is 3.05. The third kappa shape index (κ3) is 1.66. The molecule has 2 aromatic carbocycles. The lowest BCUT2D eigenvalue weighted by molar-refractivity contribution is -0.136. The number of nitrogens with zero attached hydrogens (tertiary/aromatic N) is 1. The highest BCUT2D eigenvalue weighted by Gasteiger charge is 2.50. The maximum Gasteiger partial charge on any atom is 0.338 e. The Morgan fingerprint density at radius 1 is 1.14 bits per heavy atom. The molecule has 0 heterocycles. The van der Waals surface area contributed by atoms with Crippen LogP contribution in [0.1, 0.15) is 16.7 Å². The molecule has 22 heavy (non-hydrogen) atoms. The van der Waals surface area contributed by atoms with Gasteiger partial charge in [0.1, 0.15) is 5.41 Å². The Balaban J connectivity index is 2.41. The van der Waals surface area contributed by atoms with Crippen molar-refractivity contribution in [2.24, 2.45) is 5.73 Å². The first-order chi connectivity index (χ1) is 10.7. The highest BCUT2D eigenvalue weighted by Crippen LogP contribution is 2.48. The van der Waals surface area contributed by atoms with Crippen LogP contribution in [0.4, 0.5) is 0 Å². The first kappa shape index (κ1) is 13.9. The molecule has 0 unspecified atom stereocenters. The second kappa shape index (κ2) is 5.05. The lowest BCUT2D eigenvalue weighted by Gasteiger charge is -2.25. The SMILES string of the molecule is COC(=O)C1=C(N)c2ccccc2[C@@]1(C#N)c1ccccc1. The standard InChI is InChI=1S/C18H14N2O2/c1-22-17(21)15-16(20)13-9-5-6-10-14(13)18(15,11-19)12-7-3-2-4-8-12/h2-10H,20H2,1H3/t18-/m1/s1. The molecule has 1 aliphatic rings. The Morgan fingerprint density at radius 3 is 2.41 bits per heavy atom. The zero-order valence-electron chi connectivity index (χ0n) is 12.0. The third-order valence-corrected chi connectivity index (χ3v) is 4.03. The normalized spacial score (nSPS) is 19.5. The smallest absolute Gasteiger partial charge is 0.338 e. The van der Waals surface area contributed by atoms with Gasteiger partial charge in [-0.2, -0.15) is 5.26 Å². The second-order valence-corrected chi connectivity index (χ2v) is 5.05. The molecule has 0 fully saturated rings. The third-order valence-electron chi connectivity index (χ3n) is 4.03. The second-order valence-electron chi connectivity index (χ2n) is 5.05. The van der Waals surface area contributed by atoms with E-state index in [1.165, 1.54) is 7.11 Å². The van der Waals surface area contributed by atoms with Crippen LogP contribution < -0.4 is 5.73 Å². The first-order valence-electron chi connectivity index (χ1n) is 6.82. The summed E-state index contributed by atoms with van der Waals surface area (Å²) in [6.07, 6.45) is 0. The van der Waals surface area contributed by atoms with E-state index in [2.05, 4.69) is 6.07 Å². The molecule has 0 aliphatic heterocycles. The molecule has 0 amide bonds. The Kier molecular flexibility index (Phi) is 3.19. The van der Waals surface area contributed by atoms with Gasteiger partial charge in [-0.1, -0.05) is 54.6 Å². The average molecular weight is 290 g/mol. The van der Waals surface area contributed by atoms with Crippen molar-refractivity contribution in [1.82, 2.24) is 0 Å². The summed E-state index contributed by atoms with van der Waals surface area (Å²) < 4.78 is 4.89. The minimum Gasteiger partial charge on any atom is -0.466 e. The number of benzene rings is 2. The molecular weight excluding hydrogens is 276 g/mol. The molecule has 1 aliphatic carbocycles. The lowest BCUT2D eigenvalue weighted by Crippen LogP contribution is -2.31. The van der Waals surface area contributed by atoms with Gasteiger partial charge < -0.3 is 10.5 Å². The molecule has 4 heteroatoms. The van der Waals surface area contributed by atoms with Gasteiger partial charge in [-0.05, 0) is 11.1 Å². The fourth-order valence-electron chi connectivity index (χ4n) is 3.05. The summed E-state index contributed by atoms with van der Waals surface area (Å²) in [6, 6.07) is 18.8. The molecule has 0 radical (unpaired) electrons. The molecule has 2 N–H and O–H groups in total. The Hall–Kier alpha value is -3.06. The number of rotatable bonds is 2. The molecule has 0 spiro atoms. The minimum atomic E-state index is -1.24. The van der Waals surface area contributed by atoms with Gasteiger partial charge in [0.05, 0.1) is 24.4 Å². The number of carbonyl (C=O) groups excluding carboxylic acids is 1. The molecule has 2 aromatic rings. The van der Waals surface area contributed by atoms with E-state index in [0.29, 0.717) is 22.4 Å². The van der Waals surface area contributed by atoms with Gasteiger partial charge in [0, 0.05) is 5.56 Å². The van der Waals surface area contributed by atoms with Crippen LogP contribution in [-0.2, 0) is 14.9 Å². The van der Waals surface area contributed by atoms with Gasteiger partial charge in [-0.25, -0.2) is 4.79 Å². The molecule has 0 aromatic heterocycles. The van der Waals surface area contributed by atoms with Crippen molar-refractivity contribution >= 4 is 11.7 Å². The zero-order chi connectivity index (χ0) is 15.7. The van der Waals surface area contributed by atoms with E-state index in [9.17, 15) is 10.1 Å². The van der Waals surface area contributed by atoms with Crippen molar-refractivity contribution in [3.05, 3.63) is 76.9 Å². The number of nitrogens with two attached hydrogens (primary N) is 1. The first-order valence-corrected chi connectivity index (χ1v) is 6.82. The molecule has 0 saturated carbocycles. The number of nitriles is 1. The van der Waals surface area contributed by atoms with Crippen molar-refractivity contribution in [2.75, 3.05) is 7.11 Å². The lowest BCUT2D eigenvalue weighted by atomic mass is 9.73. The highest BCUT2D eigenvalue weighted by molar-refractivity contribution is 6.05. The summed E-state index contributed by atoms with van der Waals surface area (Å²) in [5.74, 6) is -0.584. The summed E-state index contributed by atoms with van der Waals surface area (Å²) in [6.45, 7) is 0. The zero-order valence-corrected chi connectivity index (χ0v) is 12.0. The Morgan fingerprint density at radius 2 is 1.77 bits per heavy atom. The van der Waals surface area contributed by atoms with Crippen LogP contribution in [0.2, 0.25) is 0 Å². The van der Waals surface area contributed by atoms with E-state index in [-0.39, 0.29) is 5.57 Å². The van der Waals surface area contributed by atoms with Gasteiger partial charge in [0.2, 0.25) is 0 Å². The predicted molar refractivity (Wildman–Crippen MR) is 82.4 cm³/mol. The quantitative estimate of drug-likeness (QED) is 0.861. The van der Waals surface area contributed by atoms with E-state index < -0.39 is 11.4 Å². The van der Waals surface area contributed by atoms with Gasteiger partial charge in [0.15, 0.2) is 0 Å². The molecule has 1 atom stereocenters. The number of fused-ring (bicyclic) bond motifs is 1. The number of hydrogen-bond donors (Lipinski definition) is 1. The number of methoxy groups -OCH3 is 1. The summed E-state index contributed by atoms with van der Waals surface area (Å²) in [5.41, 5.74) is 7.54. The maximum absolute atomic E-state index is 12.3. The molecule has 0 saturated heterocycles. The van der Waals surface area contributed by atoms with Crippen LogP contribution in [0.25, 0.3) is 5.70 Å². The monoisotopic (exact) mass is 290 g/mol. The molecule has 4 nitrogen and oxygen atoms in total. The largest absolute Gasteiger partial charge is 0.466 e. The van der Waals surface area contributed by atoms with Crippen LogP contribution in [0, 0.1) is 11.3 Å². The van der Waals surface area contributed by atoms with Crippen LogP contribution >= 0.6 is 0 Å². The van der Waals surface area contributed by atoms with Crippen molar-refractivity contribution in [2.45, 2.75) is 5.41 Å². The van der Waals surface area contributed by atoms with E-state index in [1.54, 1.807) is 0 Å². The van der Waals surface area contributed by atoms with Crippen LogP contribution in [0.5, 0.6) is 0 Å². The maximum atomic E-state index is 12.3. The number of hydrogen-bond acceptors (Lipinski definition) is 4. The summed E-state index contributed by atoms with van der Waals surface area (Å²) in [4.78, 5) is 12.3. The molecule has 0 bridgehead atoms. The van der Waals surface area contributed by atoms with Gasteiger partial charge >= 0.3 is 5.97 Å². The predicted octanol–water partition coefficient (Wildman–Crippen LogP) is 2.35. The van der Waals surface area contributed by atoms with Crippen LogP contribution in [-0.4, -0.2) is 13.1 Å². The van der Waals surface area contributed by atoms with Gasteiger partial charge in [-0.15, -0.1) is 0 Å². The van der Waals surface area contributed by atoms with Gasteiger partial charge in [-0.3, -0.25) is 0 Å².